The zero-order chi connectivity index (χ0) is 16.2. The van der Waals surface area contributed by atoms with Crippen LogP contribution in [0.3, 0.4) is 0 Å². The topological polar surface area (TPSA) is 64.1 Å². The first-order valence-corrected chi connectivity index (χ1v) is 7.10. The van der Waals surface area contributed by atoms with Crippen LogP contribution in [0, 0.1) is 12.7 Å². The monoisotopic (exact) mass is 358 g/mol. The molecular formula is C14H16BrFN2O3. The first kappa shape index (κ1) is 17.2. The molecule has 0 bridgehead atoms. The summed E-state index contributed by atoms with van der Waals surface area (Å²) in [6.45, 7) is 5.54. The van der Waals surface area contributed by atoms with Crippen molar-refractivity contribution in [1.82, 2.24) is 9.55 Å². The Morgan fingerprint density at radius 2 is 1.95 bits per heavy atom. The molecule has 0 spiro atoms. The molecule has 0 atom stereocenters. The fourth-order valence-electron chi connectivity index (χ4n) is 1.75. The maximum Gasteiger partial charge on any atom is 0.333 e. The molecule has 1 aromatic heterocycles. The van der Waals surface area contributed by atoms with Gasteiger partial charge >= 0.3 is 5.69 Å². The number of aromatic amines is 1. The fraction of sp³-hybridized carbons (Fsp3) is 0.286. The molecule has 0 radical (unpaired) electrons. The highest BCUT2D eigenvalue weighted by Crippen LogP contribution is 2.33. The van der Waals surface area contributed by atoms with E-state index < -0.39 is 17.1 Å². The lowest BCUT2D eigenvalue weighted by molar-refractivity contribution is 0.404. The summed E-state index contributed by atoms with van der Waals surface area (Å²) in [4.78, 5) is 24.7. The third-order valence-corrected chi connectivity index (χ3v) is 3.25. The van der Waals surface area contributed by atoms with E-state index in [0.29, 0.717) is 10.2 Å². The van der Waals surface area contributed by atoms with Gasteiger partial charge in [-0.25, -0.2) is 9.18 Å². The van der Waals surface area contributed by atoms with Crippen molar-refractivity contribution in [3.8, 4) is 11.4 Å². The number of H-pyrrole nitrogens is 1. The van der Waals surface area contributed by atoms with Crippen LogP contribution >= 0.6 is 15.9 Å². The smallest absolute Gasteiger partial charge is 0.333 e. The van der Waals surface area contributed by atoms with Gasteiger partial charge in [-0.1, -0.05) is 13.8 Å². The van der Waals surface area contributed by atoms with Gasteiger partial charge in [0.25, 0.3) is 5.56 Å². The van der Waals surface area contributed by atoms with Crippen LogP contribution in [-0.2, 0) is 0 Å². The van der Waals surface area contributed by atoms with E-state index in [0.717, 1.165) is 10.6 Å². The normalized spacial score (nSPS) is 9.81. The number of hydrogen-bond acceptors (Lipinski definition) is 3. The quantitative estimate of drug-likeness (QED) is 0.897. The Kier molecular flexibility index (Phi) is 5.90. The van der Waals surface area contributed by atoms with Gasteiger partial charge in [-0.3, -0.25) is 14.3 Å². The van der Waals surface area contributed by atoms with Gasteiger partial charge in [0, 0.05) is 17.8 Å². The summed E-state index contributed by atoms with van der Waals surface area (Å²) in [6.07, 6.45) is 1.22. The summed E-state index contributed by atoms with van der Waals surface area (Å²) in [5, 5.41) is 0. The Hall–Kier alpha value is -1.89. The number of benzene rings is 1. The lowest BCUT2D eigenvalue weighted by Crippen LogP contribution is -2.28. The summed E-state index contributed by atoms with van der Waals surface area (Å²) in [6, 6.07) is 2.56. The van der Waals surface area contributed by atoms with Gasteiger partial charge in [0.05, 0.1) is 17.3 Å². The van der Waals surface area contributed by atoms with Gasteiger partial charge in [-0.2, -0.15) is 0 Å². The standard InChI is InChI=1S/C12H10BrFN2O3.C2H6/c1-6-10(14)8(5-7(13)11(6)19-2)16-4-3-9(17)15-12(16)18;1-2/h3-5H,1-2H3,(H,15,17,18);1-2H3. The van der Waals surface area contributed by atoms with E-state index in [9.17, 15) is 14.0 Å². The maximum atomic E-state index is 14.2. The molecule has 0 aliphatic rings. The Bertz CT molecular complexity index is 753. The molecule has 5 nitrogen and oxygen atoms in total. The highest BCUT2D eigenvalue weighted by molar-refractivity contribution is 9.10. The lowest BCUT2D eigenvalue weighted by atomic mass is 10.2. The predicted octanol–water partition coefficient (Wildman–Crippen LogP) is 2.77. The Balaban J connectivity index is 0.00000106. The molecule has 1 N–H and O–H groups in total. The molecule has 1 aromatic carbocycles. The Morgan fingerprint density at radius 1 is 1.33 bits per heavy atom. The van der Waals surface area contributed by atoms with Crippen molar-refractivity contribution in [3.63, 3.8) is 0 Å². The van der Waals surface area contributed by atoms with E-state index in [1.165, 1.54) is 19.4 Å². The number of hydrogen-bond donors (Lipinski definition) is 1. The minimum absolute atomic E-state index is 0.0337. The van der Waals surface area contributed by atoms with Crippen LogP contribution < -0.4 is 16.0 Å². The molecule has 0 saturated heterocycles. The van der Waals surface area contributed by atoms with Crippen molar-refractivity contribution in [2.75, 3.05) is 7.11 Å². The number of halogens is 2. The molecule has 0 aliphatic heterocycles. The number of ether oxygens (including phenoxy) is 1. The SMILES string of the molecule is CC.COc1c(Br)cc(-n2ccc(=O)[nH]c2=O)c(F)c1C. The van der Waals surface area contributed by atoms with Crippen molar-refractivity contribution in [1.29, 1.82) is 0 Å². The summed E-state index contributed by atoms with van der Waals surface area (Å²) < 4.78 is 20.8. The first-order valence-electron chi connectivity index (χ1n) is 6.30. The molecule has 0 amide bonds. The van der Waals surface area contributed by atoms with Crippen LogP contribution in [0.5, 0.6) is 5.75 Å². The summed E-state index contributed by atoms with van der Waals surface area (Å²) in [5.74, 6) is -0.229. The summed E-state index contributed by atoms with van der Waals surface area (Å²) in [7, 11) is 1.43. The number of aromatic nitrogens is 2. The van der Waals surface area contributed by atoms with Crippen molar-refractivity contribution >= 4 is 15.9 Å². The van der Waals surface area contributed by atoms with Gasteiger partial charge in [-0.05, 0) is 28.9 Å². The van der Waals surface area contributed by atoms with E-state index in [2.05, 4.69) is 20.9 Å². The second kappa shape index (κ2) is 7.21. The van der Waals surface area contributed by atoms with E-state index >= 15 is 0 Å². The number of rotatable bonds is 2. The molecule has 2 aromatic rings. The zero-order valence-corrected chi connectivity index (χ0v) is 13.7. The van der Waals surface area contributed by atoms with E-state index in [-0.39, 0.29) is 11.3 Å². The van der Waals surface area contributed by atoms with Crippen LogP contribution in [-0.4, -0.2) is 16.7 Å². The minimum atomic E-state index is -0.706. The minimum Gasteiger partial charge on any atom is -0.495 e. The molecule has 114 valence electrons. The third kappa shape index (κ3) is 3.41. The van der Waals surface area contributed by atoms with E-state index in [1.807, 2.05) is 13.8 Å². The van der Waals surface area contributed by atoms with E-state index in [4.69, 9.17) is 4.74 Å². The molecule has 0 aliphatic carbocycles. The lowest BCUT2D eigenvalue weighted by Gasteiger charge is -2.13. The van der Waals surface area contributed by atoms with Gasteiger partial charge < -0.3 is 4.74 Å². The van der Waals surface area contributed by atoms with Gasteiger partial charge in [-0.15, -0.1) is 0 Å². The Labute approximate surface area is 129 Å². The molecule has 2 rings (SSSR count). The predicted molar refractivity (Wildman–Crippen MR) is 83.0 cm³/mol. The van der Waals surface area contributed by atoms with Crippen LogP contribution in [0.25, 0.3) is 5.69 Å². The Morgan fingerprint density at radius 3 is 2.48 bits per heavy atom. The molecule has 0 saturated carbocycles. The van der Waals surface area contributed by atoms with Gasteiger partial charge in [0.2, 0.25) is 0 Å². The molecule has 1 heterocycles. The van der Waals surface area contributed by atoms with Crippen LogP contribution in [0.15, 0.2) is 32.4 Å². The number of nitrogens with one attached hydrogen (secondary N) is 1. The highest BCUT2D eigenvalue weighted by Gasteiger charge is 2.16. The summed E-state index contributed by atoms with van der Waals surface area (Å²) >= 11 is 3.25. The highest BCUT2D eigenvalue weighted by atomic mass is 79.9. The largest absolute Gasteiger partial charge is 0.495 e. The molecular weight excluding hydrogens is 343 g/mol. The maximum absolute atomic E-state index is 14.2. The van der Waals surface area contributed by atoms with Crippen molar-refractivity contribution < 1.29 is 9.13 Å². The van der Waals surface area contributed by atoms with Crippen molar-refractivity contribution in [2.45, 2.75) is 20.8 Å². The van der Waals surface area contributed by atoms with Gasteiger partial charge in [0.1, 0.15) is 5.75 Å². The zero-order valence-electron chi connectivity index (χ0n) is 12.2. The first-order chi connectivity index (χ1) is 9.95. The average molecular weight is 359 g/mol. The van der Waals surface area contributed by atoms with Crippen LogP contribution in [0.1, 0.15) is 19.4 Å². The van der Waals surface area contributed by atoms with Crippen LogP contribution in [0.4, 0.5) is 4.39 Å². The molecule has 0 unspecified atom stereocenters. The van der Waals surface area contributed by atoms with E-state index in [1.54, 1.807) is 6.92 Å². The van der Waals surface area contributed by atoms with Crippen LogP contribution in [0.2, 0.25) is 0 Å². The molecule has 21 heavy (non-hydrogen) atoms. The number of methoxy groups -OCH3 is 1. The third-order valence-electron chi connectivity index (χ3n) is 2.66. The summed E-state index contributed by atoms with van der Waals surface area (Å²) in [5.41, 5.74) is -0.940. The van der Waals surface area contributed by atoms with Crippen molar-refractivity contribution in [3.05, 3.63) is 55.0 Å². The van der Waals surface area contributed by atoms with Crippen molar-refractivity contribution in [2.24, 2.45) is 0 Å². The second-order valence-electron chi connectivity index (χ2n) is 3.83. The molecule has 0 fully saturated rings. The van der Waals surface area contributed by atoms with Gasteiger partial charge in [0.15, 0.2) is 5.82 Å². The fourth-order valence-corrected chi connectivity index (χ4v) is 2.43. The second-order valence-corrected chi connectivity index (χ2v) is 4.68. The molecule has 7 heteroatoms. The number of nitrogens with zero attached hydrogens (tertiary/aromatic N) is 1. The average Bonchev–Trinajstić information content (AvgIpc) is 2.46.